The van der Waals surface area contributed by atoms with E-state index in [2.05, 4.69) is 194 Å². The van der Waals surface area contributed by atoms with Crippen molar-refractivity contribution in [2.75, 3.05) is 0 Å². The van der Waals surface area contributed by atoms with E-state index in [0.717, 1.165) is 109 Å². The lowest BCUT2D eigenvalue weighted by Gasteiger charge is -2.24. The average molecular weight is 920 g/mol. The maximum absolute atomic E-state index is 12.7. The summed E-state index contributed by atoms with van der Waals surface area (Å²) in [5, 5.41) is 12.7. The van der Waals surface area contributed by atoms with E-state index in [1.807, 2.05) is 42.6 Å². The fourth-order valence-electron chi connectivity index (χ4n) is 10.1. The Morgan fingerprint density at radius 1 is 0.514 bits per heavy atom. The quantitative estimate of drug-likeness (QED) is 0.157. The summed E-state index contributed by atoms with van der Waals surface area (Å²) in [6, 6.07) is 57.4. The predicted molar refractivity (Wildman–Crippen MR) is 295 cm³/mol. The summed E-state index contributed by atoms with van der Waals surface area (Å²) < 4.78 is 20.3. The van der Waals surface area contributed by atoms with Gasteiger partial charge in [0.15, 0.2) is 0 Å². The summed E-state index contributed by atoms with van der Waals surface area (Å²) in [7, 11) is 0. The summed E-state index contributed by atoms with van der Waals surface area (Å²) in [6.07, 6.45) is 4.64. The topological polar surface area (TPSA) is 50.9 Å². The third-order valence-electron chi connectivity index (χ3n) is 14.3. The zero-order chi connectivity index (χ0) is 50.7. The van der Waals surface area contributed by atoms with Crippen LogP contribution in [-0.2, 0) is 22.6 Å². The van der Waals surface area contributed by atoms with Gasteiger partial charge in [0, 0.05) is 31.2 Å². The minimum atomic E-state index is -1.34. The molecule has 2 heterocycles. The van der Waals surface area contributed by atoms with Crippen molar-refractivity contribution in [3.05, 3.63) is 192 Å². The van der Waals surface area contributed by atoms with Gasteiger partial charge in [0.2, 0.25) is 0 Å². The van der Waals surface area contributed by atoms with E-state index in [4.69, 9.17) is 12.7 Å². The first-order chi connectivity index (χ1) is 34.3. The van der Waals surface area contributed by atoms with Crippen LogP contribution in [0.5, 0.6) is 5.75 Å². The number of imidazole rings is 1. The van der Waals surface area contributed by atoms with Crippen molar-refractivity contribution in [2.24, 2.45) is 5.92 Å². The van der Waals surface area contributed by atoms with Gasteiger partial charge in [0.25, 0.3) is 0 Å². The normalized spacial score (nSPS) is 14.2. The summed E-state index contributed by atoms with van der Waals surface area (Å²) in [4.78, 5) is 10.7. The number of para-hydroxylation sites is 1. The van der Waals surface area contributed by atoms with E-state index in [1.165, 1.54) is 11.1 Å². The number of aromatic nitrogens is 3. The number of nitrogens with zero attached hydrogens (tertiary/aromatic N) is 3. The summed E-state index contributed by atoms with van der Waals surface area (Å²) in [5.41, 5.74) is 16.9. The highest BCUT2D eigenvalue weighted by Crippen LogP contribution is 2.46. The molecule has 7 aromatic carbocycles. The Morgan fingerprint density at radius 3 is 1.77 bits per heavy atom. The lowest BCUT2D eigenvalue weighted by Crippen LogP contribution is -2.13. The van der Waals surface area contributed by atoms with Crippen LogP contribution in [0.2, 0.25) is 0 Å². The van der Waals surface area contributed by atoms with Crippen molar-refractivity contribution >= 4 is 11.0 Å². The molecule has 1 aliphatic carbocycles. The number of pyridine rings is 1. The first-order valence-electron chi connectivity index (χ1n) is 26.1. The molecule has 9 aromatic rings. The molecule has 0 amide bonds. The number of fused-ring (bicyclic) bond motifs is 1. The number of rotatable bonds is 9. The molecule has 0 bridgehead atoms. The molecule has 70 heavy (non-hydrogen) atoms. The summed E-state index contributed by atoms with van der Waals surface area (Å²) in [6.45, 7) is 20.2. The molecule has 1 saturated carbocycles. The molecule has 0 radical (unpaired) electrons. The molecule has 0 spiro atoms. The monoisotopic (exact) mass is 920 g/mol. The lowest BCUT2D eigenvalue weighted by molar-refractivity contribution is 0.477. The van der Waals surface area contributed by atoms with Crippen molar-refractivity contribution < 1.29 is 7.85 Å². The lowest BCUT2D eigenvalue weighted by atomic mass is 9.83. The zero-order valence-corrected chi connectivity index (χ0v) is 42.4. The van der Waals surface area contributed by atoms with Crippen molar-refractivity contribution in [1.82, 2.24) is 14.5 Å². The van der Waals surface area contributed by atoms with Crippen LogP contribution in [0.4, 0.5) is 0 Å². The van der Waals surface area contributed by atoms with Gasteiger partial charge < -0.3 is 5.11 Å². The predicted octanol–water partition coefficient (Wildman–Crippen LogP) is 17.8. The molecule has 0 saturated heterocycles. The summed E-state index contributed by atoms with van der Waals surface area (Å²) in [5.74, 6) is 0.908. The van der Waals surface area contributed by atoms with Crippen molar-refractivity contribution in [1.29, 1.82) is 0 Å². The van der Waals surface area contributed by atoms with Gasteiger partial charge in [-0.2, -0.15) is 0 Å². The first-order valence-corrected chi connectivity index (χ1v) is 25.1. The van der Waals surface area contributed by atoms with Gasteiger partial charge in [-0.15, -0.1) is 0 Å². The van der Waals surface area contributed by atoms with Crippen molar-refractivity contribution in [2.45, 2.75) is 111 Å². The van der Waals surface area contributed by atoms with Gasteiger partial charge in [0.1, 0.15) is 11.6 Å². The molecule has 0 aliphatic heterocycles. The highest BCUT2D eigenvalue weighted by Gasteiger charge is 2.28. The van der Waals surface area contributed by atoms with E-state index in [-0.39, 0.29) is 27.9 Å². The molecule has 1 aliphatic rings. The molecule has 2 aromatic heterocycles. The largest absolute Gasteiger partial charge is 0.507 e. The van der Waals surface area contributed by atoms with E-state index in [1.54, 1.807) is 0 Å². The molecule has 352 valence electrons. The fraction of sp³-hybridized carbons (Fsp3) is 0.273. The van der Waals surface area contributed by atoms with Crippen LogP contribution in [0.15, 0.2) is 170 Å². The van der Waals surface area contributed by atoms with Crippen LogP contribution < -0.4 is 0 Å². The SMILES string of the molecule is [2H]C([2H])(c1ccc(-c2ccnc(-c3cc(-c4cccc5c4nc(-c4cc(C(C)(C)C)cc(-c6ccccc6)c4O)n5-c4ccc(C(C)(C)C)cc4-c4ccccc4)cc(C(C)(C)C)c3)c2)cc1)C1CCCC1. The standard InChI is InChI=1S/C66H67N3O/c1-64(2,3)51-31-32-59(55(40-51)46-21-12-10-13-22-46)69-60-26-18-25-54(61(60)68-63(69)57-42-53(66(7,8)9)41-56(62(57)70)47-23-14-11-15-24-47)49-36-50(38-52(37-49)65(4,5)6)58-39-48(33-34-67-58)45-29-27-44(28-30-45)35-43-19-16-17-20-43/h10-15,18,21-34,36-43,70H,16-17,19-20,35H2,1-9H3/i35D2. The fourth-order valence-corrected chi connectivity index (χ4v) is 10.1. The second kappa shape index (κ2) is 18.4. The zero-order valence-electron chi connectivity index (χ0n) is 44.4. The minimum Gasteiger partial charge on any atom is -0.507 e. The maximum Gasteiger partial charge on any atom is 0.149 e. The third-order valence-corrected chi connectivity index (χ3v) is 14.3. The molecular formula is C66H67N3O. The molecule has 4 nitrogen and oxygen atoms in total. The molecule has 1 N–H and O–H groups in total. The van der Waals surface area contributed by atoms with E-state index >= 15 is 0 Å². The van der Waals surface area contributed by atoms with E-state index in [9.17, 15) is 5.11 Å². The maximum atomic E-state index is 12.7. The molecule has 0 unspecified atom stereocenters. The highest BCUT2D eigenvalue weighted by molar-refractivity contribution is 5.98. The van der Waals surface area contributed by atoms with Crippen molar-refractivity contribution in [3.63, 3.8) is 0 Å². The van der Waals surface area contributed by atoms with Gasteiger partial charge in [-0.1, -0.05) is 197 Å². The Kier molecular flexibility index (Phi) is 11.6. The Hall–Kier alpha value is -7.04. The molecule has 4 heteroatoms. The van der Waals surface area contributed by atoms with Crippen LogP contribution in [-0.4, -0.2) is 19.6 Å². The van der Waals surface area contributed by atoms with Gasteiger partial charge in [-0.3, -0.25) is 9.55 Å². The van der Waals surface area contributed by atoms with E-state index in [0.29, 0.717) is 11.4 Å². The van der Waals surface area contributed by atoms with E-state index < -0.39 is 6.37 Å². The molecule has 1 fully saturated rings. The van der Waals surface area contributed by atoms with Crippen LogP contribution in [0, 0.1) is 5.92 Å². The number of phenols is 1. The summed E-state index contributed by atoms with van der Waals surface area (Å²) >= 11 is 0. The van der Waals surface area contributed by atoms with Gasteiger partial charge in [0.05, 0.1) is 28.0 Å². The van der Waals surface area contributed by atoms with Crippen LogP contribution in [0.3, 0.4) is 0 Å². The number of phenolic OH excluding ortho intramolecular Hbond substituents is 1. The number of hydrogen-bond acceptors (Lipinski definition) is 3. The average Bonchev–Trinajstić information content (AvgIpc) is 4.06. The van der Waals surface area contributed by atoms with Crippen LogP contribution in [0.1, 0.15) is 113 Å². The second-order valence-electron chi connectivity index (χ2n) is 22.5. The molecular weight excluding hydrogens is 851 g/mol. The molecule has 10 rings (SSSR count). The Balaban J connectivity index is 1.20. The van der Waals surface area contributed by atoms with Crippen LogP contribution in [0.25, 0.3) is 83.9 Å². The number of hydrogen-bond donors (Lipinski definition) is 1. The minimum absolute atomic E-state index is 0.0670. The Morgan fingerprint density at radius 2 is 1.11 bits per heavy atom. The number of aromatic hydroxyl groups is 1. The second-order valence-corrected chi connectivity index (χ2v) is 22.5. The van der Waals surface area contributed by atoms with Gasteiger partial charge in [-0.25, -0.2) is 4.98 Å². The number of benzene rings is 7. The van der Waals surface area contributed by atoms with Crippen LogP contribution >= 0.6 is 0 Å². The third kappa shape index (κ3) is 9.37. The molecule has 0 atom stereocenters. The van der Waals surface area contributed by atoms with Gasteiger partial charge >= 0.3 is 0 Å². The highest BCUT2D eigenvalue weighted by atomic mass is 16.3. The smallest absolute Gasteiger partial charge is 0.149 e. The Bertz CT molecular complexity index is 3440. The first kappa shape index (κ1) is 44.2. The van der Waals surface area contributed by atoms with Crippen molar-refractivity contribution in [3.8, 4) is 78.6 Å². The van der Waals surface area contributed by atoms with Gasteiger partial charge in [-0.05, 0) is 133 Å². The Labute approximate surface area is 419 Å².